The lowest BCUT2D eigenvalue weighted by Gasteiger charge is -2.21. The van der Waals surface area contributed by atoms with Gasteiger partial charge in [0.15, 0.2) is 0 Å². The third-order valence-electron chi connectivity index (χ3n) is 3.58. The van der Waals surface area contributed by atoms with Crippen molar-refractivity contribution in [2.75, 3.05) is 18.9 Å². The molecule has 0 amide bonds. The summed E-state index contributed by atoms with van der Waals surface area (Å²) in [5.41, 5.74) is 1.09. The molecule has 2 aliphatic rings. The normalized spacial score (nSPS) is 19.6. The average molecular weight is 232 g/mol. The molecule has 1 heterocycles. The zero-order chi connectivity index (χ0) is 11.7. The van der Waals surface area contributed by atoms with E-state index in [9.17, 15) is 0 Å². The van der Waals surface area contributed by atoms with Crippen molar-refractivity contribution in [3.63, 3.8) is 0 Å². The molecule has 4 heteroatoms. The first-order valence-electron chi connectivity index (χ1n) is 6.58. The minimum Gasteiger partial charge on any atom is -0.372 e. The summed E-state index contributed by atoms with van der Waals surface area (Å²) in [5.74, 6) is 1.80. The predicted molar refractivity (Wildman–Crippen MR) is 67.7 cm³/mol. The first kappa shape index (κ1) is 11.0. The van der Waals surface area contributed by atoms with Crippen molar-refractivity contribution >= 4 is 5.82 Å². The van der Waals surface area contributed by atoms with Crippen LogP contribution in [-0.2, 0) is 6.54 Å². The molecule has 0 spiro atoms. The van der Waals surface area contributed by atoms with E-state index in [-0.39, 0.29) is 0 Å². The van der Waals surface area contributed by atoms with Crippen molar-refractivity contribution in [1.82, 2.24) is 14.9 Å². The summed E-state index contributed by atoms with van der Waals surface area (Å²) in [7, 11) is 1.87. The van der Waals surface area contributed by atoms with E-state index in [1.807, 2.05) is 19.4 Å². The summed E-state index contributed by atoms with van der Waals surface area (Å²) in [6, 6.07) is 0.821. The van der Waals surface area contributed by atoms with Gasteiger partial charge in [-0.2, -0.15) is 0 Å². The molecule has 4 nitrogen and oxygen atoms in total. The smallest absolute Gasteiger partial charge is 0.144 e. The van der Waals surface area contributed by atoms with Gasteiger partial charge in [0.25, 0.3) is 0 Å². The summed E-state index contributed by atoms with van der Waals surface area (Å²) < 4.78 is 0. The lowest BCUT2D eigenvalue weighted by atomic mass is 10.3. The van der Waals surface area contributed by atoms with Crippen molar-refractivity contribution in [3.8, 4) is 0 Å². The van der Waals surface area contributed by atoms with Crippen LogP contribution in [0.15, 0.2) is 12.4 Å². The lowest BCUT2D eigenvalue weighted by Crippen LogP contribution is -2.28. The Morgan fingerprint density at radius 2 is 2.06 bits per heavy atom. The van der Waals surface area contributed by atoms with Crippen molar-refractivity contribution in [2.45, 2.75) is 38.3 Å². The maximum Gasteiger partial charge on any atom is 0.144 e. The van der Waals surface area contributed by atoms with E-state index in [2.05, 4.69) is 20.2 Å². The van der Waals surface area contributed by atoms with E-state index in [0.717, 1.165) is 30.0 Å². The number of hydrogen-bond acceptors (Lipinski definition) is 4. The molecular weight excluding hydrogens is 212 g/mol. The fourth-order valence-electron chi connectivity index (χ4n) is 2.19. The summed E-state index contributed by atoms with van der Waals surface area (Å²) >= 11 is 0. The van der Waals surface area contributed by atoms with Gasteiger partial charge >= 0.3 is 0 Å². The van der Waals surface area contributed by atoms with Gasteiger partial charge in [0.05, 0.1) is 18.1 Å². The molecule has 2 aliphatic carbocycles. The lowest BCUT2D eigenvalue weighted by molar-refractivity contribution is 0.241. The minimum atomic E-state index is 0.821. The van der Waals surface area contributed by atoms with Crippen molar-refractivity contribution in [1.29, 1.82) is 0 Å². The van der Waals surface area contributed by atoms with Gasteiger partial charge in [0, 0.05) is 26.2 Å². The molecule has 3 rings (SSSR count). The fourth-order valence-corrected chi connectivity index (χ4v) is 2.19. The first-order valence-corrected chi connectivity index (χ1v) is 6.58. The highest BCUT2D eigenvalue weighted by molar-refractivity contribution is 5.29. The second-order valence-electron chi connectivity index (χ2n) is 5.25. The van der Waals surface area contributed by atoms with E-state index in [1.54, 1.807) is 0 Å². The molecule has 0 aromatic carbocycles. The molecule has 2 fully saturated rings. The van der Waals surface area contributed by atoms with Crippen molar-refractivity contribution in [3.05, 3.63) is 18.1 Å². The first-order chi connectivity index (χ1) is 8.35. The minimum absolute atomic E-state index is 0.821. The molecule has 0 saturated heterocycles. The van der Waals surface area contributed by atoms with Gasteiger partial charge in [-0.3, -0.25) is 9.88 Å². The van der Waals surface area contributed by atoms with Gasteiger partial charge in [-0.15, -0.1) is 0 Å². The number of rotatable bonds is 6. The van der Waals surface area contributed by atoms with Crippen LogP contribution >= 0.6 is 0 Å². The molecule has 92 valence electrons. The van der Waals surface area contributed by atoms with Gasteiger partial charge in [0.2, 0.25) is 0 Å². The second kappa shape index (κ2) is 4.61. The van der Waals surface area contributed by atoms with Crippen LogP contribution in [0.25, 0.3) is 0 Å². The van der Waals surface area contributed by atoms with Gasteiger partial charge in [-0.25, -0.2) is 4.98 Å². The fraction of sp³-hybridized carbons (Fsp3) is 0.692. The Morgan fingerprint density at radius 1 is 1.24 bits per heavy atom. The van der Waals surface area contributed by atoms with Crippen LogP contribution in [0.3, 0.4) is 0 Å². The van der Waals surface area contributed by atoms with Crippen LogP contribution in [0.2, 0.25) is 0 Å². The van der Waals surface area contributed by atoms with E-state index < -0.39 is 0 Å². The van der Waals surface area contributed by atoms with E-state index in [0.29, 0.717) is 0 Å². The molecule has 1 N–H and O–H groups in total. The molecule has 1 aromatic heterocycles. The largest absolute Gasteiger partial charge is 0.372 e. The molecule has 17 heavy (non-hydrogen) atoms. The van der Waals surface area contributed by atoms with Crippen LogP contribution in [0, 0.1) is 5.92 Å². The van der Waals surface area contributed by atoms with Gasteiger partial charge < -0.3 is 5.32 Å². The van der Waals surface area contributed by atoms with E-state index in [4.69, 9.17) is 0 Å². The SMILES string of the molecule is CNc1cnc(CN(CC2CC2)C2CC2)cn1. The average Bonchev–Trinajstić information content (AvgIpc) is 3.22. The highest BCUT2D eigenvalue weighted by atomic mass is 15.2. The van der Waals surface area contributed by atoms with Gasteiger partial charge in [0.1, 0.15) is 5.82 Å². The van der Waals surface area contributed by atoms with Crippen molar-refractivity contribution in [2.24, 2.45) is 5.92 Å². The maximum absolute atomic E-state index is 4.46. The molecule has 0 atom stereocenters. The second-order valence-corrected chi connectivity index (χ2v) is 5.25. The van der Waals surface area contributed by atoms with Crippen LogP contribution in [0.5, 0.6) is 0 Å². The Hall–Kier alpha value is -1.16. The monoisotopic (exact) mass is 232 g/mol. The number of hydrogen-bond donors (Lipinski definition) is 1. The van der Waals surface area contributed by atoms with Crippen LogP contribution in [-0.4, -0.2) is 34.5 Å². The summed E-state index contributed by atoms with van der Waals surface area (Å²) in [5, 5.41) is 3.00. The summed E-state index contributed by atoms with van der Waals surface area (Å²) in [6.45, 7) is 2.23. The molecule has 1 aromatic rings. The standard InChI is InChI=1S/C13H20N4/c1-14-13-7-15-11(6-16-13)9-17(12-4-5-12)8-10-2-3-10/h6-7,10,12H,2-5,8-9H2,1H3,(H,14,16). The van der Waals surface area contributed by atoms with Gasteiger partial charge in [-0.1, -0.05) is 0 Å². The number of anilines is 1. The Bertz CT molecular complexity index is 368. The summed E-state index contributed by atoms with van der Waals surface area (Å²) in [4.78, 5) is 11.4. The van der Waals surface area contributed by atoms with Crippen molar-refractivity contribution < 1.29 is 0 Å². The highest BCUT2D eigenvalue weighted by Crippen LogP contribution is 2.35. The maximum atomic E-state index is 4.46. The third-order valence-corrected chi connectivity index (χ3v) is 3.58. The van der Waals surface area contributed by atoms with E-state index >= 15 is 0 Å². The topological polar surface area (TPSA) is 41.1 Å². The Kier molecular flexibility index (Phi) is 2.97. The number of aromatic nitrogens is 2. The Morgan fingerprint density at radius 3 is 2.59 bits per heavy atom. The third kappa shape index (κ3) is 2.94. The predicted octanol–water partition coefficient (Wildman–Crippen LogP) is 1.89. The molecule has 0 radical (unpaired) electrons. The zero-order valence-corrected chi connectivity index (χ0v) is 10.4. The van der Waals surface area contributed by atoms with Crippen LogP contribution in [0.4, 0.5) is 5.82 Å². The molecule has 2 saturated carbocycles. The van der Waals surface area contributed by atoms with E-state index in [1.165, 1.54) is 32.2 Å². The highest BCUT2D eigenvalue weighted by Gasteiger charge is 2.33. The Labute approximate surface area is 102 Å². The summed E-state index contributed by atoms with van der Waals surface area (Å²) in [6.07, 6.45) is 9.30. The quantitative estimate of drug-likeness (QED) is 0.813. The Balaban J connectivity index is 1.61. The molecular formula is C13H20N4. The molecule has 0 unspecified atom stereocenters. The van der Waals surface area contributed by atoms with Crippen LogP contribution in [0.1, 0.15) is 31.4 Å². The van der Waals surface area contributed by atoms with Crippen LogP contribution < -0.4 is 5.32 Å². The number of nitrogens with zero attached hydrogens (tertiary/aromatic N) is 3. The van der Waals surface area contributed by atoms with Gasteiger partial charge in [-0.05, 0) is 31.6 Å². The zero-order valence-electron chi connectivity index (χ0n) is 10.4. The number of nitrogens with one attached hydrogen (secondary N) is 1. The molecule has 0 aliphatic heterocycles. The molecule has 0 bridgehead atoms.